The summed E-state index contributed by atoms with van der Waals surface area (Å²) < 4.78 is 10.1. The fourth-order valence-electron chi connectivity index (χ4n) is 5.85. The van der Waals surface area contributed by atoms with Gasteiger partial charge in [-0.2, -0.15) is 0 Å². The molecule has 4 bridgehead atoms. The number of para-hydroxylation sites is 1. The average Bonchev–Trinajstić information content (AvgIpc) is 2.69. The summed E-state index contributed by atoms with van der Waals surface area (Å²) >= 11 is 0. The molecule has 7 nitrogen and oxygen atoms in total. The molecule has 1 aromatic carbocycles. The molecule has 0 spiro atoms. The second-order valence-corrected chi connectivity index (χ2v) is 8.88. The van der Waals surface area contributed by atoms with Crippen molar-refractivity contribution in [2.45, 2.75) is 44.1 Å². The zero-order valence-corrected chi connectivity index (χ0v) is 17.2. The van der Waals surface area contributed by atoms with Gasteiger partial charge in [0.25, 0.3) is 5.91 Å². The number of hydrogen-bond donors (Lipinski definition) is 2. The monoisotopic (exact) mass is 412 g/mol. The molecule has 0 radical (unpaired) electrons. The van der Waals surface area contributed by atoms with Crippen molar-refractivity contribution < 1.29 is 23.9 Å². The highest BCUT2D eigenvalue weighted by atomic mass is 16.5. The number of urea groups is 1. The zero-order chi connectivity index (χ0) is 21.1. The second kappa shape index (κ2) is 8.50. The Kier molecular flexibility index (Phi) is 5.79. The summed E-state index contributed by atoms with van der Waals surface area (Å²) in [7, 11) is 1.55. The number of rotatable bonds is 6. The molecule has 2 N–H and O–H groups in total. The van der Waals surface area contributed by atoms with Crippen LogP contribution in [0.1, 0.15) is 44.1 Å². The number of esters is 1. The van der Waals surface area contributed by atoms with Gasteiger partial charge in [-0.25, -0.2) is 9.59 Å². The molecule has 0 aliphatic heterocycles. The van der Waals surface area contributed by atoms with Gasteiger partial charge in [-0.15, -0.1) is 0 Å². The summed E-state index contributed by atoms with van der Waals surface area (Å²) in [6.45, 7) is -0.511. The van der Waals surface area contributed by atoms with Crippen LogP contribution in [0.25, 0.3) is 6.08 Å². The van der Waals surface area contributed by atoms with Gasteiger partial charge in [0.1, 0.15) is 5.75 Å². The van der Waals surface area contributed by atoms with Gasteiger partial charge in [0.15, 0.2) is 6.61 Å². The van der Waals surface area contributed by atoms with E-state index in [1.807, 2.05) is 12.1 Å². The largest absolute Gasteiger partial charge is 0.496 e. The minimum atomic E-state index is -0.669. The highest BCUT2D eigenvalue weighted by molar-refractivity contribution is 5.96. The Labute approximate surface area is 176 Å². The van der Waals surface area contributed by atoms with Crippen molar-refractivity contribution >= 4 is 24.0 Å². The number of benzene rings is 1. The van der Waals surface area contributed by atoms with E-state index in [0.29, 0.717) is 23.5 Å². The Morgan fingerprint density at radius 3 is 2.33 bits per heavy atom. The van der Waals surface area contributed by atoms with E-state index in [2.05, 4.69) is 10.6 Å². The lowest BCUT2D eigenvalue weighted by Crippen LogP contribution is -2.62. The maximum atomic E-state index is 12.4. The van der Waals surface area contributed by atoms with E-state index in [-0.39, 0.29) is 5.54 Å². The van der Waals surface area contributed by atoms with Gasteiger partial charge in [0.05, 0.1) is 7.11 Å². The molecule has 7 heteroatoms. The van der Waals surface area contributed by atoms with Crippen LogP contribution in [0.5, 0.6) is 5.75 Å². The Morgan fingerprint density at radius 2 is 1.70 bits per heavy atom. The quantitative estimate of drug-likeness (QED) is 0.553. The predicted molar refractivity (Wildman–Crippen MR) is 111 cm³/mol. The molecule has 4 aliphatic carbocycles. The summed E-state index contributed by atoms with van der Waals surface area (Å²) in [5.41, 5.74) is 0.545. The zero-order valence-electron chi connectivity index (χ0n) is 17.2. The molecule has 3 amide bonds. The smallest absolute Gasteiger partial charge is 0.331 e. The van der Waals surface area contributed by atoms with Crippen molar-refractivity contribution in [1.82, 2.24) is 10.6 Å². The van der Waals surface area contributed by atoms with E-state index >= 15 is 0 Å². The van der Waals surface area contributed by atoms with Crippen molar-refractivity contribution in [2.75, 3.05) is 13.7 Å². The first kappa shape index (κ1) is 20.4. The van der Waals surface area contributed by atoms with Crippen LogP contribution in [-0.2, 0) is 14.3 Å². The molecule has 0 aromatic heterocycles. The first-order valence-corrected chi connectivity index (χ1v) is 10.5. The number of ether oxygens (including phenoxy) is 2. The Bertz CT molecular complexity index is 828. The molecule has 4 fully saturated rings. The van der Waals surface area contributed by atoms with Crippen LogP contribution in [0.15, 0.2) is 30.3 Å². The fourth-order valence-corrected chi connectivity index (χ4v) is 5.85. The number of methoxy groups -OCH3 is 1. The van der Waals surface area contributed by atoms with E-state index in [1.165, 1.54) is 25.3 Å². The highest BCUT2D eigenvalue weighted by Crippen LogP contribution is 2.55. The molecule has 0 unspecified atom stereocenters. The topological polar surface area (TPSA) is 93.7 Å². The third-order valence-electron chi connectivity index (χ3n) is 6.55. The molecule has 0 atom stereocenters. The molecule has 5 rings (SSSR count). The number of carbonyl (C=O) groups excluding carboxylic acids is 3. The van der Waals surface area contributed by atoms with Gasteiger partial charge in [-0.1, -0.05) is 18.2 Å². The van der Waals surface area contributed by atoms with Gasteiger partial charge >= 0.3 is 12.0 Å². The molecule has 4 aliphatic rings. The summed E-state index contributed by atoms with van der Waals surface area (Å²) in [5, 5.41) is 5.36. The molecule has 0 saturated heterocycles. The number of carbonyl (C=O) groups is 3. The molecule has 0 heterocycles. The summed E-state index contributed by atoms with van der Waals surface area (Å²) in [5.74, 6) is 1.41. The van der Waals surface area contributed by atoms with Crippen molar-refractivity contribution in [3.05, 3.63) is 35.9 Å². The van der Waals surface area contributed by atoms with Crippen molar-refractivity contribution in [3.8, 4) is 5.75 Å². The highest BCUT2D eigenvalue weighted by Gasteiger charge is 2.51. The summed E-state index contributed by atoms with van der Waals surface area (Å²) in [6.07, 6.45) is 9.62. The molecule has 1 aromatic rings. The van der Waals surface area contributed by atoms with Gasteiger partial charge < -0.3 is 14.8 Å². The Balaban J connectivity index is 1.22. The van der Waals surface area contributed by atoms with Crippen LogP contribution < -0.4 is 15.4 Å². The number of nitrogens with one attached hydrogen (secondary N) is 2. The molecule has 4 saturated carbocycles. The molecule has 30 heavy (non-hydrogen) atoms. The standard InChI is InChI=1S/C23H28N2O5/c1-29-19-5-3-2-4-18(19)6-7-21(27)30-14-20(26)24-22(28)25-23-11-15-8-16(12-23)10-17(9-15)13-23/h2-7,15-17H,8-14H2,1H3,(H2,24,25,26,28). The predicted octanol–water partition coefficient (Wildman–Crippen LogP) is 3.05. The van der Waals surface area contributed by atoms with Crippen LogP contribution in [0.2, 0.25) is 0 Å². The summed E-state index contributed by atoms with van der Waals surface area (Å²) in [6, 6.07) is 6.73. The summed E-state index contributed by atoms with van der Waals surface area (Å²) in [4.78, 5) is 36.3. The molecular formula is C23H28N2O5. The van der Waals surface area contributed by atoms with Gasteiger partial charge in [-0.3, -0.25) is 10.1 Å². The van der Waals surface area contributed by atoms with Crippen molar-refractivity contribution in [1.29, 1.82) is 0 Å². The van der Waals surface area contributed by atoms with E-state index in [9.17, 15) is 14.4 Å². The van der Waals surface area contributed by atoms with Crippen LogP contribution in [-0.4, -0.2) is 37.2 Å². The SMILES string of the molecule is COc1ccccc1C=CC(=O)OCC(=O)NC(=O)NC12CC3CC(CC(C3)C1)C2. The minimum absolute atomic E-state index is 0.173. The van der Waals surface area contributed by atoms with Gasteiger partial charge in [0.2, 0.25) is 0 Å². The van der Waals surface area contributed by atoms with Crippen LogP contribution in [0.4, 0.5) is 4.79 Å². The number of hydrogen-bond acceptors (Lipinski definition) is 5. The fraction of sp³-hybridized carbons (Fsp3) is 0.522. The first-order valence-electron chi connectivity index (χ1n) is 10.5. The first-order chi connectivity index (χ1) is 14.4. The maximum absolute atomic E-state index is 12.4. The minimum Gasteiger partial charge on any atom is -0.496 e. The molecule has 160 valence electrons. The number of amides is 3. The maximum Gasteiger partial charge on any atom is 0.331 e. The van der Waals surface area contributed by atoms with Crippen LogP contribution in [0.3, 0.4) is 0 Å². The van der Waals surface area contributed by atoms with Gasteiger partial charge in [0, 0.05) is 17.2 Å². The lowest BCUT2D eigenvalue weighted by Gasteiger charge is -2.56. The van der Waals surface area contributed by atoms with E-state index in [0.717, 1.165) is 24.8 Å². The average molecular weight is 412 g/mol. The van der Waals surface area contributed by atoms with Crippen LogP contribution >= 0.6 is 0 Å². The molecular weight excluding hydrogens is 384 g/mol. The third kappa shape index (κ3) is 4.66. The van der Waals surface area contributed by atoms with E-state index in [4.69, 9.17) is 9.47 Å². The second-order valence-electron chi connectivity index (χ2n) is 8.88. The Hall–Kier alpha value is -2.83. The normalized spacial score (nSPS) is 28.9. The lowest BCUT2D eigenvalue weighted by molar-refractivity contribution is -0.143. The van der Waals surface area contributed by atoms with Gasteiger partial charge in [-0.05, 0) is 68.4 Å². The lowest BCUT2D eigenvalue weighted by atomic mass is 9.53. The van der Waals surface area contributed by atoms with Crippen LogP contribution in [0, 0.1) is 17.8 Å². The van der Waals surface area contributed by atoms with E-state index < -0.39 is 24.5 Å². The number of imide groups is 1. The van der Waals surface area contributed by atoms with Crippen molar-refractivity contribution in [3.63, 3.8) is 0 Å². The third-order valence-corrected chi connectivity index (χ3v) is 6.55. The van der Waals surface area contributed by atoms with Crippen molar-refractivity contribution in [2.24, 2.45) is 17.8 Å². The van der Waals surface area contributed by atoms with E-state index in [1.54, 1.807) is 25.3 Å². The Morgan fingerprint density at radius 1 is 1.07 bits per heavy atom.